The van der Waals surface area contributed by atoms with Crippen LogP contribution in [0.25, 0.3) is 0 Å². The van der Waals surface area contributed by atoms with Gasteiger partial charge >= 0.3 is 0 Å². The quantitative estimate of drug-likeness (QED) is 0.627. The summed E-state index contributed by atoms with van der Waals surface area (Å²) in [5.41, 5.74) is 4.71. The summed E-state index contributed by atoms with van der Waals surface area (Å²) in [5, 5.41) is 12.9. The molecule has 0 aromatic heterocycles. The highest BCUT2D eigenvalue weighted by Crippen LogP contribution is 2.24. The van der Waals surface area contributed by atoms with Crippen LogP contribution in [0.1, 0.15) is 13.8 Å². The molecule has 1 aromatic carbocycles. The van der Waals surface area contributed by atoms with Gasteiger partial charge in [0, 0.05) is 12.6 Å². The van der Waals surface area contributed by atoms with E-state index in [1.165, 1.54) is 0 Å². The fourth-order valence-corrected chi connectivity index (χ4v) is 1.29. The van der Waals surface area contributed by atoms with Crippen molar-refractivity contribution in [1.82, 2.24) is 0 Å². The number of hydrogen-bond acceptors (Lipinski definition) is 4. The molecule has 0 radical (unpaired) electrons. The number of benzene rings is 1. The Morgan fingerprint density at radius 1 is 1.39 bits per heavy atom. The van der Waals surface area contributed by atoms with Crippen molar-refractivity contribution in [3.05, 3.63) is 33.9 Å². The molecule has 0 amide bonds. The molecule has 0 aliphatic rings. The highest BCUT2D eigenvalue weighted by Gasteiger charge is 2.17. The summed E-state index contributed by atoms with van der Waals surface area (Å²) in [6.45, 7) is 3.95. The van der Waals surface area contributed by atoms with Crippen molar-refractivity contribution >= 4 is 11.4 Å². The molecule has 1 atom stereocenters. The number of non-ortho nitro benzene ring substituents is 1. The second-order valence-electron chi connectivity index (χ2n) is 4.33. The van der Waals surface area contributed by atoms with Crippen molar-refractivity contribution < 1.29 is 13.7 Å². The predicted octanol–water partition coefficient (Wildman–Crippen LogP) is 2.27. The number of nitro benzene ring substituents is 1. The Morgan fingerprint density at radius 2 is 1.89 bits per heavy atom. The highest BCUT2D eigenvalue weighted by atomic mass is 19.1. The van der Waals surface area contributed by atoms with E-state index in [1.807, 2.05) is 13.8 Å². The molecule has 18 heavy (non-hydrogen) atoms. The van der Waals surface area contributed by atoms with Crippen LogP contribution in [0.15, 0.2) is 12.1 Å². The molecule has 1 rings (SSSR count). The van der Waals surface area contributed by atoms with Gasteiger partial charge in [0.25, 0.3) is 5.69 Å². The van der Waals surface area contributed by atoms with Gasteiger partial charge in [-0.3, -0.25) is 10.1 Å². The molecule has 100 valence electrons. The summed E-state index contributed by atoms with van der Waals surface area (Å²) < 4.78 is 27.0. The normalized spacial score (nSPS) is 12.6. The van der Waals surface area contributed by atoms with E-state index in [4.69, 9.17) is 5.73 Å². The summed E-state index contributed by atoms with van der Waals surface area (Å²) in [4.78, 5) is 9.55. The van der Waals surface area contributed by atoms with Gasteiger partial charge < -0.3 is 11.1 Å². The smallest absolute Gasteiger partial charge is 0.275 e. The van der Waals surface area contributed by atoms with Gasteiger partial charge in [-0.15, -0.1) is 0 Å². The summed E-state index contributed by atoms with van der Waals surface area (Å²) in [5.74, 6) is -1.85. The molecule has 0 fully saturated rings. The lowest BCUT2D eigenvalue weighted by molar-refractivity contribution is -0.385. The summed E-state index contributed by atoms with van der Waals surface area (Å²) in [6, 6.07) is 1.08. The third-order valence-corrected chi connectivity index (χ3v) is 2.61. The SMILES string of the molecule is CC(C)C(N)CNc1c(F)cc([N+](=O)[O-])cc1F. The molecule has 0 heterocycles. The van der Waals surface area contributed by atoms with Gasteiger partial charge in [-0.2, -0.15) is 0 Å². The molecule has 1 unspecified atom stereocenters. The lowest BCUT2D eigenvalue weighted by Crippen LogP contribution is -2.34. The molecule has 0 spiro atoms. The molecular formula is C11H15F2N3O2. The average Bonchev–Trinajstić information content (AvgIpc) is 2.26. The van der Waals surface area contributed by atoms with Crippen LogP contribution in [-0.2, 0) is 0 Å². The Labute approximate surface area is 103 Å². The van der Waals surface area contributed by atoms with Gasteiger partial charge in [-0.05, 0) is 5.92 Å². The standard InChI is InChI=1S/C11H15F2N3O2/c1-6(2)10(14)5-15-11-8(12)3-7(16(17)18)4-9(11)13/h3-4,6,10,15H,5,14H2,1-2H3. The molecular weight excluding hydrogens is 244 g/mol. The topological polar surface area (TPSA) is 81.2 Å². The number of nitro groups is 1. The van der Waals surface area contributed by atoms with Crippen LogP contribution in [-0.4, -0.2) is 17.5 Å². The maximum absolute atomic E-state index is 13.5. The molecule has 3 N–H and O–H groups in total. The van der Waals surface area contributed by atoms with Crippen molar-refractivity contribution in [2.24, 2.45) is 11.7 Å². The van der Waals surface area contributed by atoms with E-state index in [-0.39, 0.29) is 18.5 Å². The van der Waals surface area contributed by atoms with Crippen LogP contribution in [0.5, 0.6) is 0 Å². The van der Waals surface area contributed by atoms with E-state index < -0.39 is 27.9 Å². The minimum Gasteiger partial charge on any atom is -0.379 e. The Hall–Kier alpha value is -1.76. The zero-order valence-corrected chi connectivity index (χ0v) is 10.1. The van der Waals surface area contributed by atoms with Crippen LogP contribution in [0, 0.1) is 27.7 Å². The fraction of sp³-hybridized carbons (Fsp3) is 0.455. The molecule has 7 heteroatoms. The second-order valence-corrected chi connectivity index (χ2v) is 4.33. The predicted molar refractivity (Wildman–Crippen MR) is 64.3 cm³/mol. The van der Waals surface area contributed by atoms with Crippen molar-refractivity contribution in [1.29, 1.82) is 0 Å². The minimum atomic E-state index is -1.00. The first-order valence-electron chi connectivity index (χ1n) is 5.45. The maximum Gasteiger partial charge on any atom is 0.275 e. The fourth-order valence-electron chi connectivity index (χ4n) is 1.29. The van der Waals surface area contributed by atoms with Gasteiger partial charge in [0.2, 0.25) is 0 Å². The van der Waals surface area contributed by atoms with E-state index in [2.05, 4.69) is 5.32 Å². The van der Waals surface area contributed by atoms with Crippen molar-refractivity contribution in [2.45, 2.75) is 19.9 Å². The van der Waals surface area contributed by atoms with E-state index in [9.17, 15) is 18.9 Å². The molecule has 5 nitrogen and oxygen atoms in total. The zero-order chi connectivity index (χ0) is 13.9. The van der Waals surface area contributed by atoms with Gasteiger partial charge in [-0.25, -0.2) is 8.78 Å². The van der Waals surface area contributed by atoms with E-state index in [0.717, 1.165) is 0 Å². The monoisotopic (exact) mass is 259 g/mol. The minimum absolute atomic E-state index is 0.154. The zero-order valence-electron chi connectivity index (χ0n) is 10.1. The molecule has 0 aliphatic heterocycles. The molecule has 0 aliphatic carbocycles. The lowest BCUT2D eigenvalue weighted by atomic mass is 10.1. The number of anilines is 1. The van der Waals surface area contributed by atoms with Crippen molar-refractivity contribution in [2.75, 3.05) is 11.9 Å². The van der Waals surface area contributed by atoms with Crippen LogP contribution >= 0.6 is 0 Å². The van der Waals surface area contributed by atoms with E-state index in [0.29, 0.717) is 12.1 Å². The van der Waals surface area contributed by atoms with Gasteiger partial charge in [0.15, 0.2) is 11.6 Å². The Balaban J connectivity index is 2.87. The summed E-state index contributed by atoms with van der Waals surface area (Å²) in [7, 11) is 0. The number of halogens is 2. The summed E-state index contributed by atoms with van der Waals surface area (Å²) in [6.07, 6.45) is 0. The number of hydrogen-bond donors (Lipinski definition) is 2. The van der Waals surface area contributed by atoms with Crippen molar-refractivity contribution in [3.8, 4) is 0 Å². The number of nitrogens with two attached hydrogens (primary N) is 1. The number of rotatable bonds is 5. The lowest BCUT2D eigenvalue weighted by Gasteiger charge is -2.17. The second kappa shape index (κ2) is 5.72. The van der Waals surface area contributed by atoms with E-state index >= 15 is 0 Å². The Kier molecular flexibility index (Phi) is 4.55. The van der Waals surface area contributed by atoms with Crippen LogP contribution < -0.4 is 11.1 Å². The highest BCUT2D eigenvalue weighted by molar-refractivity contribution is 5.51. The first-order chi connectivity index (χ1) is 8.32. The molecule has 0 saturated carbocycles. The van der Waals surface area contributed by atoms with Crippen LogP contribution in [0.3, 0.4) is 0 Å². The van der Waals surface area contributed by atoms with Gasteiger partial charge in [-0.1, -0.05) is 13.8 Å². The third-order valence-electron chi connectivity index (χ3n) is 2.61. The van der Waals surface area contributed by atoms with Gasteiger partial charge in [0.05, 0.1) is 17.1 Å². The Morgan fingerprint density at radius 3 is 2.28 bits per heavy atom. The van der Waals surface area contributed by atoms with Crippen LogP contribution in [0.4, 0.5) is 20.2 Å². The first-order valence-corrected chi connectivity index (χ1v) is 5.45. The largest absolute Gasteiger partial charge is 0.379 e. The average molecular weight is 259 g/mol. The first kappa shape index (κ1) is 14.3. The summed E-state index contributed by atoms with van der Waals surface area (Å²) >= 11 is 0. The number of nitrogens with one attached hydrogen (secondary N) is 1. The Bertz CT molecular complexity index is 429. The maximum atomic E-state index is 13.5. The number of nitrogens with zero attached hydrogens (tertiary/aromatic N) is 1. The molecule has 0 bridgehead atoms. The molecule has 0 saturated heterocycles. The third kappa shape index (κ3) is 3.36. The van der Waals surface area contributed by atoms with Crippen LogP contribution in [0.2, 0.25) is 0 Å². The molecule has 1 aromatic rings. The van der Waals surface area contributed by atoms with E-state index in [1.54, 1.807) is 0 Å². The van der Waals surface area contributed by atoms with Gasteiger partial charge in [0.1, 0.15) is 5.69 Å². The van der Waals surface area contributed by atoms with Crippen molar-refractivity contribution in [3.63, 3.8) is 0 Å².